The van der Waals surface area contributed by atoms with Gasteiger partial charge in [-0.15, -0.1) is 0 Å². The van der Waals surface area contributed by atoms with Crippen molar-refractivity contribution in [3.63, 3.8) is 0 Å². The van der Waals surface area contributed by atoms with Gasteiger partial charge in [-0.1, -0.05) is 28.4 Å². The van der Waals surface area contributed by atoms with Crippen LogP contribution in [0.4, 0.5) is 51.7 Å². The number of nitrogen functional groups attached to an aromatic ring is 1. The third-order valence-corrected chi connectivity index (χ3v) is 7.46. The van der Waals surface area contributed by atoms with E-state index in [1.165, 1.54) is 5.69 Å². The Morgan fingerprint density at radius 2 is 0.792 bits per heavy atom. The Morgan fingerprint density at radius 3 is 1.11 bits per heavy atom. The molecular formula is C38H47Cl2N13. The first-order chi connectivity index (χ1) is 24.5. The molecule has 0 aliphatic carbocycles. The summed E-state index contributed by atoms with van der Waals surface area (Å²) in [6.07, 6.45) is 7.72. The molecule has 0 saturated carbocycles. The van der Waals surface area contributed by atoms with Gasteiger partial charge < -0.3 is 40.3 Å². The third kappa shape index (κ3) is 13.6. The quantitative estimate of drug-likeness (QED) is 0.146. The van der Waals surface area contributed by atoms with Gasteiger partial charge in [-0.2, -0.15) is 10.2 Å². The summed E-state index contributed by atoms with van der Waals surface area (Å²) in [5.41, 5.74) is 11.8. The van der Waals surface area contributed by atoms with Crippen molar-refractivity contribution in [2.75, 3.05) is 43.7 Å². The molecule has 278 valence electrons. The van der Waals surface area contributed by atoms with Crippen molar-refractivity contribution in [1.29, 1.82) is 0 Å². The molecule has 2 N–H and O–H groups in total. The van der Waals surface area contributed by atoms with Gasteiger partial charge in [0.1, 0.15) is 11.4 Å². The van der Waals surface area contributed by atoms with Crippen molar-refractivity contribution in [1.82, 2.24) is 9.13 Å². The maximum absolute atomic E-state index is 5.59. The Labute approximate surface area is 324 Å². The number of nitrogens with two attached hydrogens (primary N) is 1. The highest BCUT2D eigenvalue weighted by Crippen LogP contribution is 2.24. The largest absolute Gasteiger partial charge is 1.00 e. The maximum Gasteiger partial charge on any atom is 0.421 e. The molecule has 15 heteroatoms. The van der Waals surface area contributed by atoms with E-state index in [2.05, 4.69) is 47.7 Å². The average molecular weight is 757 g/mol. The average Bonchev–Trinajstić information content (AvgIpc) is 3.64. The molecule has 2 aromatic heterocycles. The second-order valence-electron chi connectivity index (χ2n) is 12.0. The molecular weight excluding hydrogens is 709 g/mol. The Kier molecular flexibility index (Phi) is 17.5. The maximum atomic E-state index is 5.59. The minimum atomic E-state index is 0. The molecule has 2 heterocycles. The fourth-order valence-electron chi connectivity index (χ4n) is 4.44. The van der Waals surface area contributed by atoms with E-state index >= 15 is 0 Å². The number of anilines is 3. The van der Waals surface area contributed by atoms with Gasteiger partial charge in [-0.25, -0.2) is 18.3 Å². The van der Waals surface area contributed by atoms with Crippen molar-refractivity contribution >= 4 is 51.7 Å². The summed E-state index contributed by atoms with van der Waals surface area (Å²) in [5.74, 6) is 1.56. The monoisotopic (exact) mass is 755 g/mol. The van der Waals surface area contributed by atoms with E-state index < -0.39 is 0 Å². The normalized spacial score (nSPS) is 10.6. The highest BCUT2D eigenvalue weighted by Gasteiger charge is 2.11. The summed E-state index contributed by atoms with van der Waals surface area (Å²) in [4.78, 5) is 4.13. The zero-order chi connectivity index (χ0) is 36.8. The van der Waals surface area contributed by atoms with E-state index in [1.54, 1.807) is 12.1 Å². The van der Waals surface area contributed by atoms with Gasteiger partial charge in [0.05, 0.1) is 64.4 Å². The smallest absolute Gasteiger partial charge is 0.421 e. The molecule has 0 saturated heterocycles. The molecule has 0 unspecified atom stereocenters. The van der Waals surface area contributed by atoms with Crippen LogP contribution in [0.3, 0.4) is 0 Å². The Balaban J connectivity index is 0.000000306. The van der Waals surface area contributed by atoms with Crippen molar-refractivity contribution < 1.29 is 33.9 Å². The van der Waals surface area contributed by atoms with Crippen molar-refractivity contribution in [2.24, 2.45) is 58.9 Å². The molecule has 0 bridgehead atoms. The lowest BCUT2D eigenvalue weighted by molar-refractivity contribution is -0.657. The molecule has 0 atom stereocenters. The van der Waals surface area contributed by atoms with Crippen LogP contribution in [0.1, 0.15) is 0 Å². The van der Waals surface area contributed by atoms with Crippen molar-refractivity contribution in [3.05, 3.63) is 128 Å². The lowest BCUT2D eigenvalue weighted by Crippen LogP contribution is -3.00. The minimum Gasteiger partial charge on any atom is -1.00 e. The second kappa shape index (κ2) is 21.4. The first-order valence-corrected chi connectivity index (χ1v) is 16.2. The number of nitrogens with zero attached hydrogens (tertiary/aromatic N) is 12. The molecule has 0 spiro atoms. The summed E-state index contributed by atoms with van der Waals surface area (Å²) < 4.78 is 7.63. The fraction of sp³-hybridized carbons (Fsp3) is 0.211. The summed E-state index contributed by atoms with van der Waals surface area (Å²) in [7, 11) is 15.8. The van der Waals surface area contributed by atoms with Crippen LogP contribution < -0.4 is 49.5 Å². The summed E-state index contributed by atoms with van der Waals surface area (Å²) in [6.45, 7) is 0. The molecule has 4 aromatic carbocycles. The van der Waals surface area contributed by atoms with Gasteiger partial charge >= 0.3 is 11.9 Å². The van der Waals surface area contributed by atoms with Crippen LogP contribution in [-0.4, -0.2) is 37.3 Å². The van der Waals surface area contributed by atoms with Gasteiger partial charge in [-0.05, 0) is 84.9 Å². The van der Waals surface area contributed by atoms with Gasteiger partial charge in [0.2, 0.25) is 0 Å². The molecule has 6 rings (SSSR count). The molecule has 13 nitrogen and oxygen atoms in total. The van der Waals surface area contributed by atoms with E-state index in [-0.39, 0.29) is 24.8 Å². The SMILES string of the molecule is CN(C)c1ccc(N=Nc2ccc(N=Nc3n(C)cc[n+]3C)cc2)cc1.CN(C)c1ccccc1.Cn1cc[n+](C)c1N=Nc1ccc(N)cc1.[Cl-].[Cl-]. The number of aromatic nitrogens is 4. The highest BCUT2D eigenvalue weighted by atomic mass is 35.5. The number of rotatable bonds is 8. The number of para-hydroxylation sites is 1. The van der Waals surface area contributed by atoms with Crippen LogP contribution >= 0.6 is 0 Å². The number of imidazole rings is 2. The predicted molar refractivity (Wildman–Crippen MR) is 205 cm³/mol. The van der Waals surface area contributed by atoms with Gasteiger partial charge in [0.25, 0.3) is 0 Å². The zero-order valence-electron chi connectivity index (χ0n) is 31.3. The van der Waals surface area contributed by atoms with Gasteiger partial charge in [-0.3, -0.25) is 0 Å². The minimum absolute atomic E-state index is 0. The number of halogens is 2. The molecule has 0 fully saturated rings. The summed E-state index contributed by atoms with van der Waals surface area (Å²) in [6, 6.07) is 32.9. The molecule has 6 aromatic rings. The first kappa shape index (κ1) is 43.2. The zero-order valence-corrected chi connectivity index (χ0v) is 32.8. The lowest BCUT2D eigenvalue weighted by atomic mass is 10.3. The fourth-order valence-corrected chi connectivity index (χ4v) is 4.44. The number of azo groups is 3. The van der Waals surface area contributed by atoms with Crippen LogP contribution in [0.5, 0.6) is 0 Å². The lowest BCUT2D eigenvalue weighted by Gasteiger charge is -2.11. The Bertz CT molecular complexity index is 1990. The van der Waals surface area contributed by atoms with Crippen LogP contribution in [0.25, 0.3) is 0 Å². The van der Waals surface area contributed by atoms with Crippen LogP contribution in [-0.2, 0) is 28.2 Å². The number of hydrogen-bond acceptors (Lipinski definition) is 9. The van der Waals surface area contributed by atoms with Crippen LogP contribution in [0, 0.1) is 0 Å². The second-order valence-corrected chi connectivity index (χ2v) is 12.0. The molecule has 0 aliphatic rings. The van der Waals surface area contributed by atoms with E-state index in [9.17, 15) is 0 Å². The molecule has 0 radical (unpaired) electrons. The number of aryl methyl sites for hydroxylation is 4. The number of hydrogen-bond donors (Lipinski definition) is 1. The molecule has 53 heavy (non-hydrogen) atoms. The highest BCUT2D eigenvalue weighted by molar-refractivity contribution is 5.52. The topological polar surface area (TPSA) is 124 Å². The van der Waals surface area contributed by atoms with E-state index in [4.69, 9.17) is 5.73 Å². The van der Waals surface area contributed by atoms with E-state index in [0.29, 0.717) is 0 Å². The van der Waals surface area contributed by atoms with Gasteiger partial charge in [0.15, 0.2) is 0 Å². The standard InChI is InChI=1S/C19H22N7.C11H13N5.C8H11N.2ClH/c1-24(2)18-11-9-17(10-12-18)21-20-15-5-7-16(8-6-15)22-23-19-25(3)13-14-26(19)4;1-15-7-8-16(2)11(15)14-13-10-5-3-9(12)4-6-10;1-9(2)8-6-4-3-5-7-8;;/h5-14H,1-4H3;3-8,12H,1-2H3;3-7H,1-2H3;2*1H/q+1;;;;/p-1. The first-order valence-electron chi connectivity index (χ1n) is 16.2. The number of benzene rings is 4. The molecule has 0 aliphatic heterocycles. The summed E-state index contributed by atoms with van der Waals surface area (Å²) in [5, 5.41) is 25.4. The predicted octanol–water partition coefficient (Wildman–Crippen LogP) is 2.35. The van der Waals surface area contributed by atoms with Crippen LogP contribution in [0.2, 0.25) is 0 Å². The van der Waals surface area contributed by atoms with Crippen molar-refractivity contribution in [2.45, 2.75) is 0 Å². The Morgan fingerprint density at radius 1 is 0.472 bits per heavy atom. The summed E-state index contributed by atoms with van der Waals surface area (Å²) >= 11 is 0. The Hall–Kier alpha value is -5.92. The van der Waals surface area contributed by atoms with E-state index in [0.717, 1.165) is 46.0 Å². The third-order valence-electron chi connectivity index (χ3n) is 7.46. The van der Waals surface area contributed by atoms with Crippen molar-refractivity contribution in [3.8, 4) is 0 Å². The van der Waals surface area contributed by atoms with Gasteiger partial charge in [0, 0.05) is 55.5 Å². The van der Waals surface area contributed by atoms with Crippen LogP contribution in [0.15, 0.2) is 159 Å². The molecule has 0 amide bonds. The van der Waals surface area contributed by atoms with E-state index in [1.807, 2.05) is 183 Å².